The van der Waals surface area contributed by atoms with Crippen LogP contribution in [-0.2, 0) is 17.8 Å². The molecule has 0 saturated carbocycles. The number of rotatable bonds is 3. The second kappa shape index (κ2) is 8.19. The van der Waals surface area contributed by atoms with Crippen LogP contribution in [0.1, 0.15) is 53.1 Å². The monoisotopic (exact) mass is 393 g/mol. The number of benzene rings is 1. The van der Waals surface area contributed by atoms with Crippen molar-refractivity contribution in [2.45, 2.75) is 38.6 Å². The van der Waals surface area contributed by atoms with Gasteiger partial charge in [-0.05, 0) is 31.4 Å². The van der Waals surface area contributed by atoms with Crippen molar-refractivity contribution in [2.75, 3.05) is 32.0 Å². The lowest BCUT2D eigenvalue weighted by Gasteiger charge is -2.33. The first-order valence-corrected chi connectivity index (χ1v) is 10.2. The number of nitrogens with one attached hydrogen (secondary N) is 1. The van der Waals surface area contributed by atoms with Crippen LogP contribution in [0.25, 0.3) is 0 Å². The molecule has 1 saturated heterocycles. The molecule has 1 aromatic carbocycles. The van der Waals surface area contributed by atoms with Crippen LogP contribution in [0.15, 0.2) is 30.3 Å². The largest absolute Gasteiger partial charge is 0.373 e. The Kier molecular flexibility index (Phi) is 5.47. The number of nitrogens with zero attached hydrogens (tertiary/aromatic N) is 4. The summed E-state index contributed by atoms with van der Waals surface area (Å²) in [6.07, 6.45) is 2.66. The van der Waals surface area contributed by atoms with E-state index in [-0.39, 0.29) is 17.7 Å². The maximum absolute atomic E-state index is 12.9. The number of aromatic nitrogens is 2. The lowest BCUT2D eigenvalue weighted by atomic mass is 9.96. The zero-order valence-electron chi connectivity index (χ0n) is 17.0. The molecule has 3 heterocycles. The molecule has 2 aliphatic rings. The fourth-order valence-electron chi connectivity index (χ4n) is 4.25. The molecule has 1 fully saturated rings. The van der Waals surface area contributed by atoms with Crippen molar-refractivity contribution in [1.29, 1.82) is 0 Å². The maximum atomic E-state index is 12.9. The maximum Gasteiger partial charge on any atom is 0.254 e. The summed E-state index contributed by atoms with van der Waals surface area (Å²) in [6.45, 7) is 4.21. The summed E-state index contributed by atoms with van der Waals surface area (Å²) in [5.41, 5.74) is 2.70. The van der Waals surface area contributed by atoms with Crippen LogP contribution in [0.2, 0.25) is 0 Å². The number of fused-ring (bicyclic) bond motifs is 1. The van der Waals surface area contributed by atoms with E-state index in [0.29, 0.717) is 25.2 Å². The van der Waals surface area contributed by atoms with Crippen molar-refractivity contribution in [2.24, 2.45) is 0 Å². The topological polar surface area (TPSA) is 78.4 Å². The van der Waals surface area contributed by atoms with Gasteiger partial charge in [0.05, 0.1) is 12.2 Å². The van der Waals surface area contributed by atoms with Gasteiger partial charge in [-0.25, -0.2) is 9.97 Å². The van der Waals surface area contributed by atoms with Gasteiger partial charge in [-0.1, -0.05) is 18.2 Å². The summed E-state index contributed by atoms with van der Waals surface area (Å²) in [5, 5.41) is 3.21. The summed E-state index contributed by atoms with van der Waals surface area (Å²) in [6, 6.07) is 9.37. The van der Waals surface area contributed by atoms with Gasteiger partial charge in [-0.15, -0.1) is 0 Å². The number of carbonyl (C=O) groups is 2. The van der Waals surface area contributed by atoms with E-state index in [9.17, 15) is 9.59 Å². The molecule has 1 aromatic heterocycles. The number of likely N-dealkylation sites (tertiary alicyclic amines) is 1. The van der Waals surface area contributed by atoms with E-state index in [1.165, 1.54) is 0 Å². The standard InChI is InChI=1S/C22H27N5O2/c1-15(28)26-11-6-9-17(13-26)20-24-19-14-27(12-10-18(19)21(23-2)25-20)22(29)16-7-4-3-5-8-16/h3-5,7-8,17H,6,9-14H2,1-2H3,(H,23,24,25)/t17-/m1/s1. The molecule has 2 amide bonds. The molecular weight excluding hydrogens is 366 g/mol. The average molecular weight is 393 g/mol. The van der Waals surface area contributed by atoms with Gasteiger partial charge in [0.25, 0.3) is 5.91 Å². The molecule has 2 aliphatic heterocycles. The molecule has 4 rings (SSSR count). The van der Waals surface area contributed by atoms with Gasteiger partial charge in [0.1, 0.15) is 11.6 Å². The van der Waals surface area contributed by atoms with Crippen LogP contribution in [-0.4, -0.2) is 58.3 Å². The normalized spacial score (nSPS) is 18.9. The second-order valence-corrected chi connectivity index (χ2v) is 7.75. The number of carbonyl (C=O) groups excluding carboxylic acids is 2. The zero-order valence-corrected chi connectivity index (χ0v) is 17.0. The summed E-state index contributed by atoms with van der Waals surface area (Å²) in [5.74, 6) is 1.87. The third-order valence-corrected chi connectivity index (χ3v) is 5.86. The van der Waals surface area contributed by atoms with E-state index < -0.39 is 0 Å². The first-order valence-electron chi connectivity index (χ1n) is 10.2. The van der Waals surface area contributed by atoms with E-state index in [1.807, 2.05) is 47.2 Å². The quantitative estimate of drug-likeness (QED) is 0.867. The number of piperidine rings is 1. The zero-order chi connectivity index (χ0) is 20.4. The Hall–Kier alpha value is -2.96. The molecule has 0 bridgehead atoms. The lowest BCUT2D eigenvalue weighted by molar-refractivity contribution is -0.130. The summed E-state index contributed by atoms with van der Waals surface area (Å²) in [7, 11) is 1.87. The van der Waals surface area contributed by atoms with Crippen molar-refractivity contribution in [3.05, 3.63) is 53.0 Å². The van der Waals surface area contributed by atoms with Crippen LogP contribution in [0.3, 0.4) is 0 Å². The van der Waals surface area contributed by atoms with E-state index in [2.05, 4.69) is 5.32 Å². The fraction of sp³-hybridized carbons (Fsp3) is 0.455. The molecule has 1 N–H and O–H groups in total. The molecule has 0 spiro atoms. The highest BCUT2D eigenvalue weighted by Gasteiger charge is 2.29. The first kappa shape index (κ1) is 19.4. The van der Waals surface area contributed by atoms with Crippen molar-refractivity contribution < 1.29 is 9.59 Å². The molecule has 0 radical (unpaired) electrons. The Bertz CT molecular complexity index is 915. The summed E-state index contributed by atoms with van der Waals surface area (Å²) in [4.78, 5) is 38.1. The number of hydrogen-bond donors (Lipinski definition) is 1. The Morgan fingerprint density at radius 1 is 1.10 bits per heavy atom. The third kappa shape index (κ3) is 3.95. The summed E-state index contributed by atoms with van der Waals surface area (Å²) < 4.78 is 0. The number of hydrogen-bond acceptors (Lipinski definition) is 5. The highest BCUT2D eigenvalue weighted by atomic mass is 16.2. The molecule has 0 unspecified atom stereocenters. The Morgan fingerprint density at radius 2 is 1.90 bits per heavy atom. The van der Waals surface area contributed by atoms with Gasteiger partial charge in [-0.3, -0.25) is 9.59 Å². The minimum Gasteiger partial charge on any atom is -0.373 e. The Labute approximate surface area is 171 Å². The van der Waals surface area contributed by atoms with E-state index >= 15 is 0 Å². The lowest BCUT2D eigenvalue weighted by Crippen LogP contribution is -2.39. The van der Waals surface area contributed by atoms with E-state index in [1.54, 1.807) is 6.92 Å². The van der Waals surface area contributed by atoms with Crippen molar-refractivity contribution in [3.8, 4) is 0 Å². The second-order valence-electron chi connectivity index (χ2n) is 7.75. The van der Waals surface area contributed by atoms with Gasteiger partial charge in [0.2, 0.25) is 5.91 Å². The molecular formula is C22H27N5O2. The number of anilines is 1. The van der Waals surface area contributed by atoms with Gasteiger partial charge in [0.15, 0.2) is 0 Å². The molecule has 7 nitrogen and oxygen atoms in total. The van der Waals surface area contributed by atoms with Crippen molar-refractivity contribution in [3.63, 3.8) is 0 Å². The highest BCUT2D eigenvalue weighted by molar-refractivity contribution is 5.94. The SMILES string of the molecule is CNc1nc([C@@H]2CCCN(C(C)=O)C2)nc2c1CCN(C(=O)c1ccccc1)C2. The minimum absolute atomic E-state index is 0.0304. The van der Waals surface area contributed by atoms with Crippen molar-refractivity contribution in [1.82, 2.24) is 19.8 Å². The minimum atomic E-state index is 0.0304. The number of amides is 2. The molecule has 7 heteroatoms. The van der Waals surface area contributed by atoms with Crippen molar-refractivity contribution >= 4 is 17.6 Å². The van der Waals surface area contributed by atoms with Gasteiger partial charge in [-0.2, -0.15) is 0 Å². The molecule has 152 valence electrons. The highest BCUT2D eigenvalue weighted by Crippen LogP contribution is 2.30. The van der Waals surface area contributed by atoms with E-state index in [0.717, 1.165) is 48.7 Å². The fourth-order valence-corrected chi connectivity index (χ4v) is 4.25. The Balaban J connectivity index is 1.60. The summed E-state index contributed by atoms with van der Waals surface area (Å²) >= 11 is 0. The van der Waals surface area contributed by atoms with Crippen LogP contribution in [0.5, 0.6) is 0 Å². The van der Waals surface area contributed by atoms with Gasteiger partial charge in [0, 0.05) is 50.7 Å². The van der Waals surface area contributed by atoms with Crippen LogP contribution in [0.4, 0.5) is 5.82 Å². The predicted molar refractivity (Wildman–Crippen MR) is 111 cm³/mol. The van der Waals surface area contributed by atoms with E-state index in [4.69, 9.17) is 9.97 Å². The van der Waals surface area contributed by atoms with Crippen LogP contribution < -0.4 is 5.32 Å². The molecule has 29 heavy (non-hydrogen) atoms. The third-order valence-electron chi connectivity index (χ3n) is 5.86. The average Bonchev–Trinajstić information content (AvgIpc) is 2.78. The predicted octanol–water partition coefficient (Wildman–Crippen LogP) is 2.44. The smallest absolute Gasteiger partial charge is 0.254 e. The molecule has 1 atom stereocenters. The first-order chi connectivity index (χ1) is 14.1. The van der Waals surface area contributed by atoms with Crippen LogP contribution >= 0.6 is 0 Å². The van der Waals surface area contributed by atoms with Crippen LogP contribution in [0, 0.1) is 0 Å². The molecule has 0 aliphatic carbocycles. The van der Waals surface area contributed by atoms with Gasteiger partial charge < -0.3 is 15.1 Å². The molecule has 2 aromatic rings. The van der Waals surface area contributed by atoms with Gasteiger partial charge >= 0.3 is 0 Å². The Morgan fingerprint density at radius 3 is 2.62 bits per heavy atom.